The number of aromatic amines is 1. The second-order valence-electron chi connectivity index (χ2n) is 5.55. The van der Waals surface area contributed by atoms with E-state index >= 15 is 0 Å². The maximum absolute atomic E-state index is 12.4. The van der Waals surface area contributed by atoms with Gasteiger partial charge in [-0.05, 0) is 37.3 Å². The third-order valence-corrected chi connectivity index (χ3v) is 4.17. The van der Waals surface area contributed by atoms with Crippen LogP contribution < -0.4 is 11.1 Å². The number of hydrogen-bond acceptors (Lipinski definition) is 4. The summed E-state index contributed by atoms with van der Waals surface area (Å²) >= 11 is 0. The van der Waals surface area contributed by atoms with Crippen molar-refractivity contribution in [1.82, 2.24) is 10.2 Å². The van der Waals surface area contributed by atoms with E-state index in [-0.39, 0.29) is 11.8 Å². The SMILES string of the molecule is Cc1ccc(NC(=O)C(N)C2CCOCC2)c2[nH]ncc12. The first kappa shape index (κ1) is 14.0. The molecule has 1 atom stereocenters. The highest BCUT2D eigenvalue weighted by molar-refractivity contribution is 6.03. The van der Waals surface area contributed by atoms with Gasteiger partial charge in [0, 0.05) is 18.6 Å². The minimum absolute atomic E-state index is 0.151. The summed E-state index contributed by atoms with van der Waals surface area (Å²) in [6, 6.07) is 3.34. The van der Waals surface area contributed by atoms with Gasteiger partial charge < -0.3 is 15.8 Å². The Labute approximate surface area is 123 Å². The van der Waals surface area contributed by atoms with E-state index < -0.39 is 6.04 Å². The van der Waals surface area contributed by atoms with Gasteiger partial charge in [-0.15, -0.1) is 0 Å². The number of nitrogens with two attached hydrogens (primary N) is 1. The first-order valence-corrected chi connectivity index (χ1v) is 7.23. The Morgan fingerprint density at radius 2 is 2.24 bits per heavy atom. The van der Waals surface area contributed by atoms with E-state index in [1.54, 1.807) is 6.20 Å². The van der Waals surface area contributed by atoms with Crippen LogP contribution in [0.4, 0.5) is 5.69 Å². The highest BCUT2D eigenvalue weighted by Crippen LogP contribution is 2.25. The molecule has 0 saturated carbocycles. The largest absolute Gasteiger partial charge is 0.381 e. The summed E-state index contributed by atoms with van der Waals surface area (Å²) in [6.45, 7) is 3.37. The van der Waals surface area contributed by atoms with Crippen molar-refractivity contribution in [3.63, 3.8) is 0 Å². The predicted molar refractivity (Wildman–Crippen MR) is 81.0 cm³/mol. The number of nitrogens with one attached hydrogen (secondary N) is 2. The normalized spacial score (nSPS) is 17.8. The van der Waals surface area contributed by atoms with Crippen LogP contribution in [0.3, 0.4) is 0 Å². The first-order chi connectivity index (χ1) is 10.2. The maximum atomic E-state index is 12.4. The van der Waals surface area contributed by atoms with Crippen LogP contribution in [0.2, 0.25) is 0 Å². The van der Waals surface area contributed by atoms with Crippen molar-refractivity contribution in [1.29, 1.82) is 0 Å². The molecule has 2 heterocycles. The summed E-state index contributed by atoms with van der Waals surface area (Å²) in [7, 11) is 0. The van der Waals surface area contributed by atoms with Crippen LogP contribution in [-0.4, -0.2) is 35.4 Å². The number of ether oxygens (including phenoxy) is 1. The van der Waals surface area contributed by atoms with Crippen molar-refractivity contribution < 1.29 is 9.53 Å². The van der Waals surface area contributed by atoms with Crippen LogP contribution in [0, 0.1) is 12.8 Å². The molecule has 1 aromatic heterocycles. The molecule has 0 spiro atoms. The predicted octanol–water partition coefficient (Wildman–Crippen LogP) is 1.56. The third-order valence-electron chi connectivity index (χ3n) is 4.17. The number of anilines is 1. The molecular weight excluding hydrogens is 268 g/mol. The lowest BCUT2D eigenvalue weighted by atomic mass is 9.92. The highest BCUT2D eigenvalue weighted by Gasteiger charge is 2.27. The van der Waals surface area contributed by atoms with Gasteiger partial charge in [-0.1, -0.05) is 6.07 Å². The Hall–Kier alpha value is -1.92. The molecule has 1 fully saturated rings. The molecule has 4 N–H and O–H groups in total. The number of carbonyl (C=O) groups is 1. The molecule has 0 bridgehead atoms. The van der Waals surface area contributed by atoms with E-state index in [0.717, 1.165) is 35.0 Å². The topological polar surface area (TPSA) is 93.0 Å². The van der Waals surface area contributed by atoms with Gasteiger partial charge in [-0.2, -0.15) is 5.10 Å². The minimum atomic E-state index is -0.506. The number of aromatic nitrogens is 2. The van der Waals surface area contributed by atoms with Crippen molar-refractivity contribution in [3.05, 3.63) is 23.9 Å². The van der Waals surface area contributed by atoms with E-state index in [2.05, 4.69) is 15.5 Å². The molecule has 1 aliphatic rings. The van der Waals surface area contributed by atoms with Gasteiger partial charge >= 0.3 is 0 Å². The molecule has 0 aliphatic carbocycles. The zero-order valence-corrected chi connectivity index (χ0v) is 12.1. The number of carbonyl (C=O) groups excluding carboxylic acids is 1. The van der Waals surface area contributed by atoms with Crippen molar-refractivity contribution in [2.45, 2.75) is 25.8 Å². The number of rotatable bonds is 3. The zero-order chi connectivity index (χ0) is 14.8. The smallest absolute Gasteiger partial charge is 0.241 e. The summed E-state index contributed by atoms with van der Waals surface area (Å²) in [6.07, 6.45) is 3.43. The summed E-state index contributed by atoms with van der Waals surface area (Å²) in [5.41, 5.74) is 8.77. The molecule has 21 heavy (non-hydrogen) atoms. The van der Waals surface area contributed by atoms with Gasteiger partial charge in [-0.3, -0.25) is 9.89 Å². The standard InChI is InChI=1S/C15H20N4O2/c1-9-2-3-12(14-11(9)8-17-19-14)18-15(20)13(16)10-4-6-21-7-5-10/h2-3,8,10,13H,4-7,16H2,1H3,(H,17,19)(H,18,20). The fourth-order valence-electron chi connectivity index (χ4n) is 2.78. The Morgan fingerprint density at radius 1 is 1.48 bits per heavy atom. The lowest BCUT2D eigenvalue weighted by Crippen LogP contribution is -2.44. The number of nitrogens with zero attached hydrogens (tertiary/aromatic N) is 1. The van der Waals surface area contributed by atoms with Crippen molar-refractivity contribution in [2.24, 2.45) is 11.7 Å². The van der Waals surface area contributed by atoms with Crippen molar-refractivity contribution in [3.8, 4) is 0 Å². The Kier molecular flexibility index (Phi) is 3.90. The number of fused-ring (bicyclic) bond motifs is 1. The van der Waals surface area contributed by atoms with Gasteiger partial charge in [0.05, 0.1) is 23.4 Å². The molecule has 3 rings (SSSR count). The third kappa shape index (κ3) is 2.77. The summed E-state index contributed by atoms with van der Waals surface area (Å²) < 4.78 is 5.31. The van der Waals surface area contributed by atoms with Gasteiger partial charge in [-0.25, -0.2) is 0 Å². The van der Waals surface area contributed by atoms with Gasteiger partial charge in [0.2, 0.25) is 5.91 Å². The van der Waals surface area contributed by atoms with Crippen LogP contribution in [0.15, 0.2) is 18.3 Å². The van der Waals surface area contributed by atoms with E-state index in [1.165, 1.54) is 0 Å². The van der Waals surface area contributed by atoms with E-state index in [4.69, 9.17) is 10.5 Å². The lowest BCUT2D eigenvalue weighted by molar-refractivity contribution is -0.119. The Balaban J connectivity index is 1.76. The molecule has 6 heteroatoms. The second kappa shape index (κ2) is 5.83. The van der Waals surface area contributed by atoms with Crippen LogP contribution >= 0.6 is 0 Å². The molecule has 1 unspecified atom stereocenters. The van der Waals surface area contributed by atoms with Crippen LogP contribution in [0.1, 0.15) is 18.4 Å². The Bertz CT molecular complexity index is 646. The molecule has 0 radical (unpaired) electrons. The zero-order valence-electron chi connectivity index (χ0n) is 12.1. The summed E-state index contributed by atoms with van der Waals surface area (Å²) in [4.78, 5) is 12.4. The highest BCUT2D eigenvalue weighted by atomic mass is 16.5. The summed E-state index contributed by atoms with van der Waals surface area (Å²) in [5, 5.41) is 10.9. The number of aryl methyl sites for hydroxylation is 1. The number of hydrogen-bond donors (Lipinski definition) is 3. The fraction of sp³-hybridized carbons (Fsp3) is 0.467. The van der Waals surface area contributed by atoms with Gasteiger partial charge in [0.25, 0.3) is 0 Å². The molecular formula is C15H20N4O2. The Morgan fingerprint density at radius 3 is 3.00 bits per heavy atom. The summed E-state index contributed by atoms with van der Waals surface area (Å²) in [5.74, 6) is 0.0307. The van der Waals surface area contributed by atoms with Crippen LogP contribution in [-0.2, 0) is 9.53 Å². The molecule has 6 nitrogen and oxygen atoms in total. The minimum Gasteiger partial charge on any atom is -0.381 e. The fourth-order valence-corrected chi connectivity index (χ4v) is 2.78. The first-order valence-electron chi connectivity index (χ1n) is 7.23. The monoisotopic (exact) mass is 288 g/mol. The molecule has 1 aromatic carbocycles. The molecule has 1 amide bonds. The van der Waals surface area contributed by atoms with E-state index in [1.807, 2.05) is 19.1 Å². The number of amides is 1. The second-order valence-corrected chi connectivity index (χ2v) is 5.55. The average Bonchev–Trinajstić information content (AvgIpc) is 3.01. The van der Waals surface area contributed by atoms with E-state index in [9.17, 15) is 4.79 Å². The van der Waals surface area contributed by atoms with Crippen LogP contribution in [0.25, 0.3) is 10.9 Å². The van der Waals surface area contributed by atoms with E-state index in [0.29, 0.717) is 13.2 Å². The maximum Gasteiger partial charge on any atom is 0.241 e. The molecule has 1 aliphatic heterocycles. The number of H-pyrrole nitrogens is 1. The number of benzene rings is 1. The quantitative estimate of drug-likeness (QED) is 0.799. The van der Waals surface area contributed by atoms with Crippen LogP contribution in [0.5, 0.6) is 0 Å². The van der Waals surface area contributed by atoms with Crippen molar-refractivity contribution in [2.75, 3.05) is 18.5 Å². The molecule has 1 saturated heterocycles. The van der Waals surface area contributed by atoms with Gasteiger partial charge in [0.15, 0.2) is 0 Å². The van der Waals surface area contributed by atoms with Crippen molar-refractivity contribution >= 4 is 22.5 Å². The molecule has 112 valence electrons. The average molecular weight is 288 g/mol. The molecule has 2 aromatic rings. The van der Waals surface area contributed by atoms with Gasteiger partial charge in [0.1, 0.15) is 0 Å². The lowest BCUT2D eigenvalue weighted by Gasteiger charge is -2.26.